The first kappa shape index (κ1) is 13.4. The summed E-state index contributed by atoms with van der Waals surface area (Å²) in [6.45, 7) is 3.45. The highest BCUT2D eigenvalue weighted by molar-refractivity contribution is 4.58. The predicted molar refractivity (Wildman–Crippen MR) is 48.8 cm³/mol. The van der Waals surface area contributed by atoms with Gasteiger partial charge in [0, 0.05) is 5.92 Å². The average molecular weight is 222 g/mol. The fourth-order valence-corrected chi connectivity index (χ4v) is 1.18. The summed E-state index contributed by atoms with van der Waals surface area (Å²) in [7, 11) is 0. The normalized spacial score (nSPS) is 10.4. The lowest BCUT2D eigenvalue weighted by molar-refractivity contribution is -0.768. The van der Waals surface area contributed by atoms with E-state index in [-0.39, 0.29) is 25.0 Å². The Hall–Kier alpha value is -1.60. The van der Waals surface area contributed by atoms with Crippen molar-refractivity contribution in [1.29, 1.82) is 0 Å². The molecule has 0 heterocycles. The first-order valence-corrected chi connectivity index (χ1v) is 4.46. The van der Waals surface area contributed by atoms with E-state index >= 15 is 0 Å². The Morgan fingerprint density at radius 2 is 1.47 bits per heavy atom. The zero-order valence-corrected chi connectivity index (χ0v) is 8.62. The molecule has 15 heavy (non-hydrogen) atoms. The highest BCUT2D eigenvalue weighted by atomic mass is 17.0. The Balaban J connectivity index is 3.94. The minimum absolute atomic E-state index is 0.182. The summed E-state index contributed by atoms with van der Waals surface area (Å²) >= 11 is 0. The van der Waals surface area contributed by atoms with Crippen LogP contribution in [0.3, 0.4) is 0 Å². The Morgan fingerprint density at radius 1 is 1.07 bits per heavy atom. The van der Waals surface area contributed by atoms with Gasteiger partial charge in [-0.3, -0.25) is 0 Å². The molecule has 0 rings (SSSR count). The molecule has 0 fully saturated rings. The van der Waals surface area contributed by atoms with E-state index in [1.165, 1.54) is 0 Å². The van der Waals surface area contributed by atoms with Crippen LogP contribution in [0.4, 0.5) is 0 Å². The topological polar surface area (TPSA) is 105 Å². The van der Waals surface area contributed by atoms with Gasteiger partial charge in [-0.1, -0.05) is 13.8 Å². The molecule has 0 atom stereocenters. The third kappa shape index (κ3) is 8.72. The van der Waals surface area contributed by atoms with Crippen LogP contribution in [0.1, 0.15) is 20.3 Å². The molecule has 0 unspecified atom stereocenters. The van der Waals surface area contributed by atoms with Crippen LogP contribution < -0.4 is 0 Å². The third-order valence-electron chi connectivity index (χ3n) is 1.64. The Morgan fingerprint density at radius 3 is 1.73 bits per heavy atom. The van der Waals surface area contributed by atoms with Crippen molar-refractivity contribution in [3.63, 3.8) is 0 Å². The lowest BCUT2D eigenvalue weighted by Crippen LogP contribution is -2.21. The molecule has 0 saturated carbocycles. The molecule has 0 radical (unpaired) electrons. The summed E-state index contributed by atoms with van der Waals surface area (Å²) in [5.74, 6) is -0.0819. The minimum Gasteiger partial charge on any atom is -0.314 e. The van der Waals surface area contributed by atoms with Gasteiger partial charge in [0.2, 0.25) is 0 Å². The molecule has 8 nitrogen and oxygen atoms in total. The highest BCUT2D eigenvalue weighted by Crippen LogP contribution is 2.12. The van der Waals surface area contributed by atoms with Crippen LogP contribution in [0.5, 0.6) is 0 Å². The molecule has 8 heteroatoms. The van der Waals surface area contributed by atoms with Crippen molar-refractivity contribution in [2.75, 3.05) is 13.2 Å². The maximum Gasteiger partial charge on any atom is 0.294 e. The van der Waals surface area contributed by atoms with Crippen LogP contribution >= 0.6 is 0 Å². The van der Waals surface area contributed by atoms with E-state index in [9.17, 15) is 20.2 Å². The largest absolute Gasteiger partial charge is 0.314 e. The fourth-order valence-electron chi connectivity index (χ4n) is 1.18. The summed E-state index contributed by atoms with van der Waals surface area (Å²) in [6, 6.07) is 0. The first-order chi connectivity index (χ1) is 6.91. The Labute approximate surface area is 86.4 Å². The summed E-state index contributed by atoms with van der Waals surface area (Å²) < 4.78 is 0. The van der Waals surface area contributed by atoms with Crippen LogP contribution in [-0.4, -0.2) is 23.4 Å². The first-order valence-electron chi connectivity index (χ1n) is 4.46. The zero-order valence-electron chi connectivity index (χ0n) is 8.62. The predicted octanol–water partition coefficient (Wildman–Crippen LogP) is 1.07. The number of hydrogen-bond donors (Lipinski definition) is 0. The van der Waals surface area contributed by atoms with Gasteiger partial charge in [0.15, 0.2) is 0 Å². The van der Waals surface area contributed by atoms with Gasteiger partial charge in [-0.05, 0) is 12.3 Å². The molecule has 0 aliphatic carbocycles. The van der Waals surface area contributed by atoms with Crippen molar-refractivity contribution in [2.24, 2.45) is 11.8 Å². The molecule has 0 saturated heterocycles. The summed E-state index contributed by atoms with van der Waals surface area (Å²) in [5, 5.41) is 18.0. The molecular weight excluding hydrogens is 208 g/mol. The molecule has 0 aliphatic rings. The average Bonchev–Trinajstić information content (AvgIpc) is 2.08. The van der Waals surface area contributed by atoms with Crippen molar-refractivity contribution in [3.05, 3.63) is 20.2 Å². The molecule has 0 N–H and O–H groups in total. The van der Waals surface area contributed by atoms with E-state index in [0.29, 0.717) is 6.42 Å². The molecule has 0 bridgehead atoms. The number of nitrogens with zero attached hydrogens (tertiary/aromatic N) is 2. The second-order valence-electron chi connectivity index (χ2n) is 3.53. The lowest BCUT2D eigenvalue weighted by Gasteiger charge is -2.16. The lowest BCUT2D eigenvalue weighted by atomic mass is 9.99. The van der Waals surface area contributed by atoms with Crippen molar-refractivity contribution in [2.45, 2.75) is 20.3 Å². The van der Waals surface area contributed by atoms with Crippen LogP contribution in [-0.2, 0) is 9.68 Å². The van der Waals surface area contributed by atoms with Crippen molar-refractivity contribution in [3.8, 4) is 0 Å². The quantitative estimate of drug-likeness (QED) is 0.449. The van der Waals surface area contributed by atoms with E-state index in [4.69, 9.17) is 0 Å². The Bertz CT molecular complexity index is 202. The molecule has 0 aromatic rings. The van der Waals surface area contributed by atoms with E-state index in [1.807, 2.05) is 13.8 Å². The van der Waals surface area contributed by atoms with Gasteiger partial charge >= 0.3 is 0 Å². The fraction of sp³-hybridized carbons (Fsp3) is 1.00. The molecule has 0 aromatic heterocycles. The summed E-state index contributed by atoms with van der Waals surface area (Å²) in [4.78, 5) is 28.2. The van der Waals surface area contributed by atoms with Crippen LogP contribution in [0, 0.1) is 32.1 Å². The van der Waals surface area contributed by atoms with Crippen molar-refractivity contribution in [1.82, 2.24) is 0 Å². The van der Waals surface area contributed by atoms with Gasteiger partial charge < -0.3 is 9.68 Å². The van der Waals surface area contributed by atoms with Crippen LogP contribution in [0.15, 0.2) is 0 Å². The smallest absolute Gasteiger partial charge is 0.294 e. The molecule has 0 aromatic carbocycles. The van der Waals surface area contributed by atoms with Gasteiger partial charge in [-0.2, -0.15) is 0 Å². The van der Waals surface area contributed by atoms with Crippen LogP contribution in [0.25, 0.3) is 0 Å². The van der Waals surface area contributed by atoms with E-state index in [1.54, 1.807) is 0 Å². The van der Waals surface area contributed by atoms with Gasteiger partial charge in [0.05, 0.1) is 0 Å². The zero-order chi connectivity index (χ0) is 11.8. The highest BCUT2D eigenvalue weighted by Gasteiger charge is 2.15. The second kappa shape index (κ2) is 6.80. The summed E-state index contributed by atoms with van der Waals surface area (Å²) in [5.41, 5.74) is 0. The van der Waals surface area contributed by atoms with E-state index < -0.39 is 10.2 Å². The van der Waals surface area contributed by atoms with Gasteiger partial charge in [-0.15, -0.1) is 20.2 Å². The molecule has 0 amide bonds. The second-order valence-corrected chi connectivity index (χ2v) is 3.53. The number of hydrogen-bond acceptors (Lipinski definition) is 6. The SMILES string of the molecule is CC(C)CC(CO[N+](=O)[O-])CO[N+](=O)[O-]. The molecule has 0 spiro atoms. The molecular formula is C7H14N2O6. The molecule has 88 valence electrons. The van der Waals surface area contributed by atoms with Gasteiger partial charge in [0.25, 0.3) is 10.2 Å². The molecule has 0 aliphatic heterocycles. The van der Waals surface area contributed by atoms with E-state index in [2.05, 4.69) is 9.68 Å². The maximum atomic E-state index is 9.94. The Kier molecular flexibility index (Phi) is 6.07. The van der Waals surface area contributed by atoms with Gasteiger partial charge in [-0.25, -0.2) is 0 Å². The van der Waals surface area contributed by atoms with Crippen molar-refractivity contribution < 1.29 is 19.8 Å². The van der Waals surface area contributed by atoms with Crippen LogP contribution in [0.2, 0.25) is 0 Å². The maximum absolute atomic E-state index is 9.94. The van der Waals surface area contributed by atoms with E-state index in [0.717, 1.165) is 0 Å². The third-order valence-corrected chi connectivity index (χ3v) is 1.64. The standard InChI is InChI=1S/C7H14N2O6/c1-6(2)3-7(4-14-8(10)11)5-15-9(12)13/h6-7H,3-5H2,1-2H3. The number of rotatable bonds is 8. The minimum atomic E-state index is -0.917. The van der Waals surface area contributed by atoms with Gasteiger partial charge in [0.1, 0.15) is 13.2 Å². The van der Waals surface area contributed by atoms with Crippen molar-refractivity contribution >= 4 is 0 Å². The monoisotopic (exact) mass is 222 g/mol. The summed E-state index contributed by atoms with van der Waals surface area (Å²) in [6.07, 6.45) is 0.571.